The zero-order valence-corrected chi connectivity index (χ0v) is 13.9. The van der Waals surface area contributed by atoms with Gasteiger partial charge >= 0.3 is 5.69 Å². The number of halogens is 1. The first-order valence-electron chi connectivity index (χ1n) is 7.90. The minimum absolute atomic E-state index is 0.248. The molecule has 11 nitrogen and oxygen atoms in total. The molecule has 1 unspecified atom stereocenters. The molecule has 4 atom stereocenters. The molecule has 0 spiro atoms. The van der Waals surface area contributed by atoms with Crippen LogP contribution in [0.2, 0.25) is 0 Å². The molecule has 0 radical (unpaired) electrons. The second-order valence-electron chi connectivity index (χ2n) is 5.81. The van der Waals surface area contributed by atoms with Crippen molar-refractivity contribution < 1.29 is 19.3 Å². The fourth-order valence-electron chi connectivity index (χ4n) is 2.68. The predicted octanol–water partition coefficient (Wildman–Crippen LogP) is 0.477. The van der Waals surface area contributed by atoms with Gasteiger partial charge in [0.05, 0.1) is 6.61 Å². The van der Waals surface area contributed by atoms with Gasteiger partial charge in [0.1, 0.15) is 11.9 Å². The van der Waals surface area contributed by atoms with E-state index in [9.17, 15) is 19.4 Å². The highest BCUT2D eigenvalue weighted by atomic mass is 19.1. The third-order valence-electron chi connectivity index (χ3n) is 4.10. The Morgan fingerprint density at radius 1 is 1.52 bits per heavy atom. The smallest absolute Gasteiger partial charge is 0.351 e. The first-order valence-corrected chi connectivity index (χ1v) is 7.90. The molecule has 27 heavy (non-hydrogen) atoms. The Hall–Kier alpha value is -3.05. The van der Waals surface area contributed by atoms with Gasteiger partial charge in [-0.1, -0.05) is 11.2 Å². The number of nitrogens with zero attached hydrogens (tertiary/aromatic N) is 6. The lowest BCUT2D eigenvalue weighted by molar-refractivity contribution is -0.124. The molecule has 0 aromatic carbocycles. The number of nitrogens with one attached hydrogen (secondary N) is 1. The number of alkyl halides is 1. The molecule has 3 heterocycles. The van der Waals surface area contributed by atoms with E-state index < -0.39 is 36.5 Å². The van der Waals surface area contributed by atoms with Crippen LogP contribution in [0.15, 0.2) is 46.7 Å². The Morgan fingerprint density at radius 3 is 2.96 bits per heavy atom. The van der Waals surface area contributed by atoms with Crippen molar-refractivity contribution in [3.8, 4) is 0 Å². The molecule has 3 rings (SSSR count). The standard InChI is InChI=1S/C15H16FN7O4/c16-11-12(25)15(8-24,21-22-17)27-13(11)23-5-3-10(20-14(23)26)19-7-9-2-1-4-18-6-9/h1-6,11-13,24-25H,7-8H2,(H,19,20,26)/t11-,12-,13+,15?/m0/s1. The van der Waals surface area contributed by atoms with Crippen LogP contribution >= 0.6 is 0 Å². The van der Waals surface area contributed by atoms with Crippen LogP contribution in [0, 0.1) is 0 Å². The Labute approximate surface area is 151 Å². The van der Waals surface area contributed by atoms with Crippen molar-refractivity contribution in [2.75, 3.05) is 11.9 Å². The van der Waals surface area contributed by atoms with E-state index in [2.05, 4.69) is 25.3 Å². The van der Waals surface area contributed by atoms with Crippen molar-refractivity contribution >= 4 is 5.82 Å². The van der Waals surface area contributed by atoms with Crippen molar-refractivity contribution in [1.82, 2.24) is 14.5 Å². The Balaban J connectivity index is 1.79. The van der Waals surface area contributed by atoms with Gasteiger partial charge in [0, 0.05) is 30.0 Å². The lowest BCUT2D eigenvalue weighted by atomic mass is 10.1. The topological polar surface area (TPSA) is 158 Å². The van der Waals surface area contributed by atoms with Crippen LogP contribution in [-0.4, -0.2) is 49.4 Å². The summed E-state index contributed by atoms with van der Waals surface area (Å²) in [5, 5.41) is 25.4. The van der Waals surface area contributed by atoms with Crippen LogP contribution < -0.4 is 11.0 Å². The summed E-state index contributed by atoms with van der Waals surface area (Å²) in [6.45, 7) is -0.582. The summed E-state index contributed by atoms with van der Waals surface area (Å²) in [6, 6.07) is 5.03. The SMILES string of the molecule is [N-]=[N+]=NC1(CO)O[C@@H](n2ccc(NCc3cccnc3)nc2=O)[C@@H](F)[C@@H]1O. The largest absolute Gasteiger partial charge is 0.393 e. The summed E-state index contributed by atoms with van der Waals surface area (Å²) in [5.41, 5.74) is 6.38. The zero-order chi connectivity index (χ0) is 19.4. The number of aliphatic hydroxyl groups is 2. The van der Waals surface area contributed by atoms with Crippen LogP contribution in [0.3, 0.4) is 0 Å². The van der Waals surface area contributed by atoms with Gasteiger partial charge < -0.3 is 20.3 Å². The molecule has 1 aliphatic heterocycles. The average molecular weight is 377 g/mol. The molecule has 142 valence electrons. The summed E-state index contributed by atoms with van der Waals surface area (Å²) < 4.78 is 20.5. The van der Waals surface area contributed by atoms with Crippen molar-refractivity contribution in [2.45, 2.75) is 30.8 Å². The van der Waals surface area contributed by atoms with E-state index in [0.717, 1.165) is 10.1 Å². The van der Waals surface area contributed by atoms with Crippen LogP contribution in [0.25, 0.3) is 10.4 Å². The number of azide groups is 1. The van der Waals surface area contributed by atoms with E-state index in [1.807, 2.05) is 6.07 Å². The third-order valence-corrected chi connectivity index (χ3v) is 4.10. The number of rotatable bonds is 6. The van der Waals surface area contributed by atoms with Gasteiger partial charge in [0.2, 0.25) is 5.72 Å². The molecular formula is C15H16FN7O4. The molecule has 1 saturated heterocycles. The summed E-state index contributed by atoms with van der Waals surface area (Å²) in [5.74, 6) is 0.248. The predicted molar refractivity (Wildman–Crippen MR) is 90.0 cm³/mol. The maximum atomic E-state index is 14.4. The minimum atomic E-state index is -2.21. The number of aliphatic hydroxyl groups excluding tert-OH is 2. The van der Waals surface area contributed by atoms with E-state index >= 15 is 0 Å². The maximum Gasteiger partial charge on any atom is 0.351 e. The molecule has 0 bridgehead atoms. The van der Waals surface area contributed by atoms with Crippen molar-refractivity contribution in [3.63, 3.8) is 0 Å². The van der Waals surface area contributed by atoms with Gasteiger partial charge in [0.15, 0.2) is 12.4 Å². The Morgan fingerprint density at radius 2 is 2.33 bits per heavy atom. The van der Waals surface area contributed by atoms with E-state index in [4.69, 9.17) is 10.3 Å². The number of aromatic nitrogens is 3. The molecule has 3 N–H and O–H groups in total. The summed E-state index contributed by atoms with van der Waals surface area (Å²) in [6.07, 6.45) is -1.15. The van der Waals surface area contributed by atoms with Crippen LogP contribution in [0.5, 0.6) is 0 Å². The average Bonchev–Trinajstić information content (AvgIpc) is 2.93. The Bertz CT molecular complexity index is 905. The van der Waals surface area contributed by atoms with E-state index in [1.54, 1.807) is 18.5 Å². The second-order valence-corrected chi connectivity index (χ2v) is 5.81. The van der Waals surface area contributed by atoms with Gasteiger partial charge in [-0.05, 0) is 23.2 Å². The summed E-state index contributed by atoms with van der Waals surface area (Å²) in [7, 11) is 0. The maximum absolute atomic E-state index is 14.4. The summed E-state index contributed by atoms with van der Waals surface area (Å²) >= 11 is 0. The molecule has 12 heteroatoms. The minimum Gasteiger partial charge on any atom is -0.393 e. The van der Waals surface area contributed by atoms with Gasteiger partial charge in [0.25, 0.3) is 0 Å². The van der Waals surface area contributed by atoms with Gasteiger partial charge in [-0.25, -0.2) is 9.18 Å². The Kier molecular flexibility index (Phi) is 5.33. The van der Waals surface area contributed by atoms with E-state index in [-0.39, 0.29) is 5.82 Å². The zero-order valence-electron chi connectivity index (χ0n) is 13.9. The lowest BCUT2D eigenvalue weighted by Gasteiger charge is -2.23. The van der Waals surface area contributed by atoms with Gasteiger partial charge in [-0.3, -0.25) is 9.55 Å². The van der Waals surface area contributed by atoms with E-state index in [1.165, 1.54) is 12.3 Å². The lowest BCUT2D eigenvalue weighted by Crippen LogP contribution is -2.43. The second kappa shape index (κ2) is 7.68. The number of hydrogen-bond acceptors (Lipinski definition) is 8. The number of pyridine rings is 1. The number of anilines is 1. The molecule has 0 amide bonds. The molecule has 2 aromatic heterocycles. The van der Waals surface area contributed by atoms with Crippen LogP contribution in [0.4, 0.5) is 10.2 Å². The molecule has 0 aliphatic carbocycles. The normalized spacial score (nSPS) is 27.1. The monoisotopic (exact) mass is 377 g/mol. The van der Waals surface area contributed by atoms with Gasteiger partial charge in [-0.15, -0.1) is 0 Å². The third kappa shape index (κ3) is 3.59. The summed E-state index contributed by atoms with van der Waals surface area (Å²) in [4.78, 5) is 22.5. The van der Waals surface area contributed by atoms with Crippen LogP contribution in [-0.2, 0) is 11.3 Å². The fourth-order valence-corrected chi connectivity index (χ4v) is 2.68. The first kappa shape index (κ1) is 18.7. The number of ether oxygens (including phenoxy) is 1. The molecule has 1 fully saturated rings. The molecular weight excluding hydrogens is 361 g/mol. The molecule has 1 aliphatic rings. The fraction of sp³-hybridized carbons (Fsp3) is 0.400. The van der Waals surface area contributed by atoms with Crippen molar-refractivity contribution in [2.24, 2.45) is 5.11 Å². The van der Waals surface area contributed by atoms with Crippen molar-refractivity contribution in [3.05, 3.63) is 63.3 Å². The molecule has 0 saturated carbocycles. The van der Waals surface area contributed by atoms with E-state index in [0.29, 0.717) is 6.54 Å². The van der Waals surface area contributed by atoms with Gasteiger partial charge in [-0.2, -0.15) is 4.98 Å². The highest BCUT2D eigenvalue weighted by molar-refractivity contribution is 5.33. The number of hydrogen-bond donors (Lipinski definition) is 3. The quantitative estimate of drug-likeness (QED) is 0.375. The highest BCUT2D eigenvalue weighted by Crippen LogP contribution is 2.39. The molecule has 2 aromatic rings. The first-order chi connectivity index (χ1) is 13.0. The van der Waals surface area contributed by atoms with Crippen molar-refractivity contribution in [1.29, 1.82) is 0 Å². The van der Waals surface area contributed by atoms with Crippen LogP contribution in [0.1, 0.15) is 11.8 Å². The highest BCUT2D eigenvalue weighted by Gasteiger charge is 2.56.